The summed E-state index contributed by atoms with van der Waals surface area (Å²) < 4.78 is 5.72. The maximum atomic E-state index is 12.7. The summed E-state index contributed by atoms with van der Waals surface area (Å²) in [4.78, 5) is 39.2. The third-order valence-electron chi connectivity index (χ3n) is 4.67. The van der Waals surface area contributed by atoms with Gasteiger partial charge in [0.1, 0.15) is 12.4 Å². The first kappa shape index (κ1) is 18.6. The van der Waals surface area contributed by atoms with E-state index >= 15 is 0 Å². The van der Waals surface area contributed by atoms with E-state index in [0.29, 0.717) is 5.75 Å². The topological polar surface area (TPSA) is 66.9 Å². The van der Waals surface area contributed by atoms with Crippen molar-refractivity contribution in [1.82, 2.24) is 9.80 Å². The van der Waals surface area contributed by atoms with Gasteiger partial charge >= 0.3 is 17.8 Å². The zero-order valence-electron chi connectivity index (χ0n) is 15.6. The fourth-order valence-corrected chi connectivity index (χ4v) is 3.05. The number of carbonyl (C=O) groups excluding carboxylic acids is 3. The molecule has 1 aliphatic rings. The molecule has 0 aliphatic carbocycles. The molecule has 2 aromatic rings. The molecule has 1 saturated heterocycles. The molecule has 0 saturated carbocycles. The van der Waals surface area contributed by atoms with Gasteiger partial charge in [0.05, 0.1) is 12.6 Å². The predicted molar refractivity (Wildman–Crippen MR) is 100 cm³/mol. The Hall–Kier alpha value is -3.15. The Morgan fingerprint density at radius 2 is 1.67 bits per heavy atom. The van der Waals surface area contributed by atoms with Gasteiger partial charge in [-0.25, -0.2) is 9.69 Å². The average Bonchev–Trinajstić information content (AvgIpc) is 2.88. The van der Waals surface area contributed by atoms with Gasteiger partial charge in [-0.15, -0.1) is 0 Å². The summed E-state index contributed by atoms with van der Waals surface area (Å²) in [6, 6.07) is 13.9. The Kier molecular flexibility index (Phi) is 5.26. The third kappa shape index (κ3) is 3.69. The lowest BCUT2D eigenvalue weighted by Gasteiger charge is -2.22. The number of aryl methyl sites for hydroxylation is 2. The second kappa shape index (κ2) is 7.61. The van der Waals surface area contributed by atoms with Gasteiger partial charge in [0.15, 0.2) is 0 Å². The number of ether oxygens (including phenoxy) is 1. The van der Waals surface area contributed by atoms with Gasteiger partial charge in [-0.3, -0.25) is 14.5 Å². The molecule has 1 unspecified atom stereocenters. The zero-order chi connectivity index (χ0) is 19.6. The lowest BCUT2D eigenvalue weighted by molar-refractivity contribution is -0.144. The molecule has 1 heterocycles. The highest BCUT2D eigenvalue weighted by atomic mass is 16.5. The molecule has 6 nitrogen and oxygen atoms in total. The van der Waals surface area contributed by atoms with Crippen molar-refractivity contribution in [2.45, 2.75) is 26.8 Å². The summed E-state index contributed by atoms with van der Waals surface area (Å²) in [5, 5.41) is 0. The number of hydrogen-bond acceptors (Lipinski definition) is 4. The van der Waals surface area contributed by atoms with Crippen LogP contribution in [0.25, 0.3) is 0 Å². The number of amides is 4. The van der Waals surface area contributed by atoms with Crippen molar-refractivity contribution in [2.75, 3.05) is 13.2 Å². The molecular formula is C21H22N2O4. The van der Waals surface area contributed by atoms with E-state index < -0.39 is 23.9 Å². The van der Waals surface area contributed by atoms with Crippen LogP contribution in [0.4, 0.5) is 4.79 Å². The van der Waals surface area contributed by atoms with Crippen LogP contribution in [0.2, 0.25) is 0 Å². The summed E-state index contributed by atoms with van der Waals surface area (Å²) in [7, 11) is 0. The van der Waals surface area contributed by atoms with Crippen molar-refractivity contribution >= 4 is 17.8 Å². The van der Waals surface area contributed by atoms with Crippen molar-refractivity contribution in [3.8, 4) is 5.75 Å². The number of nitrogens with zero attached hydrogens (tertiary/aromatic N) is 2. The SMILES string of the molecule is Cc1ccc(C)c(OCCN2C(=O)C(=O)N(C(C)c3ccccc3)C2=O)c1. The molecule has 4 amide bonds. The molecule has 1 aliphatic heterocycles. The van der Waals surface area contributed by atoms with Crippen LogP contribution >= 0.6 is 0 Å². The Morgan fingerprint density at radius 3 is 2.37 bits per heavy atom. The van der Waals surface area contributed by atoms with Crippen LogP contribution in [0.5, 0.6) is 5.75 Å². The van der Waals surface area contributed by atoms with Crippen LogP contribution in [-0.2, 0) is 9.59 Å². The first-order chi connectivity index (χ1) is 12.9. The Morgan fingerprint density at radius 1 is 0.963 bits per heavy atom. The number of benzene rings is 2. The van der Waals surface area contributed by atoms with Crippen molar-refractivity contribution < 1.29 is 19.1 Å². The van der Waals surface area contributed by atoms with Crippen LogP contribution in [0.3, 0.4) is 0 Å². The first-order valence-corrected chi connectivity index (χ1v) is 8.84. The fourth-order valence-electron chi connectivity index (χ4n) is 3.05. The summed E-state index contributed by atoms with van der Waals surface area (Å²) in [6.07, 6.45) is 0. The largest absolute Gasteiger partial charge is 0.491 e. The van der Waals surface area contributed by atoms with Crippen LogP contribution in [0.15, 0.2) is 48.5 Å². The quantitative estimate of drug-likeness (QED) is 0.581. The second-order valence-corrected chi connectivity index (χ2v) is 6.62. The van der Waals surface area contributed by atoms with Crippen molar-refractivity contribution in [2.24, 2.45) is 0 Å². The van der Waals surface area contributed by atoms with E-state index in [1.165, 1.54) is 0 Å². The van der Waals surface area contributed by atoms with Gasteiger partial charge in [0.2, 0.25) is 0 Å². The van der Waals surface area contributed by atoms with Crippen LogP contribution in [-0.4, -0.2) is 40.8 Å². The lowest BCUT2D eigenvalue weighted by atomic mass is 10.1. The molecule has 140 valence electrons. The van der Waals surface area contributed by atoms with E-state index in [0.717, 1.165) is 26.5 Å². The highest BCUT2D eigenvalue weighted by molar-refractivity contribution is 6.44. The first-order valence-electron chi connectivity index (χ1n) is 8.84. The van der Waals surface area contributed by atoms with Gasteiger partial charge in [-0.2, -0.15) is 0 Å². The highest BCUT2D eigenvalue weighted by Gasteiger charge is 2.46. The predicted octanol–water partition coefficient (Wildman–Crippen LogP) is 3.23. The Labute approximate surface area is 158 Å². The van der Waals surface area contributed by atoms with E-state index in [2.05, 4.69) is 0 Å². The fraction of sp³-hybridized carbons (Fsp3) is 0.286. The number of urea groups is 1. The zero-order valence-corrected chi connectivity index (χ0v) is 15.6. The lowest BCUT2D eigenvalue weighted by Crippen LogP contribution is -2.37. The molecule has 1 fully saturated rings. The van der Waals surface area contributed by atoms with E-state index in [1.54, 1.807) is 6.92 Å². The summed E-state index contributed by atoms with van der Waals surface area (Å²) >= 11 is 0. The molecule has 0 bridgehead atoms. The Balaban J connectivity index is 1.68. The van der Waals surface area contributed by atoms with E-state index in [9.17, 15) is 14.4 Å². The maximum absolute atomic E-state index is 12.7. The molecular weight excluding hydrogens is 344 g/mol. The van der Waals surface area contributed by atoms with E-state index in [1.807, 2.05) is 62.4 Å². The molecule has 27 heavy (non-hydrogen) atoms. The summed E-state index contributed by atoms with van der Waals surface area (Å²) in [5.41, 5.74) is 2.82. The standard InChI is InChI=1S/C21H22N2O4/c1-14-9-10-15(2)18(13-14)27-12-11-22-19(24)20(25)23(21(22)26)16(3)17-7-5-4-6-8-17/h4-10,13,16H,11-12H2,1-3H3. The molecule has 0 aromatic heterocycles. The number of rotatable bonds is 6. The van der Waals surface area contributed by atoms with Crippen molar-refractivity contribution in [3.05, 3.63) is 65.2 Å². The number of hydrogen-bond donors (Lipinski definition) is 0. The average molecular weight is 366 g/mol. The molecule has 0 N–H and O–H groups in total. The number of carbonyl (C=O) groups is 3. The van der Waals surface area contributed by atoms with Gasteiger partial charge in [-0.05, 0) is 43.5 Å². The minimum Gasteiger partial charge on any atom is -0.491 e. The second-order valence-electron chi connectivity index (χ2n) is 6.62. The van der Waals surface area contributed by atoms with E-state index in [-0.39, 0.29) is 13.2 Å². The molecule has 3 rings (SSSR count). The van der Waals surface area contributed by atoms with Crippen LogP contribution < -0.4 is 4.74 Å². The van der Waals surface area contributed by atoms with Gasteiger partial charge in [-0.1, -0.05) is 42.5 Å². The van der Waals surface area contributed by atoms with Gasteiger partial charge in [0.25, 0.3) is 0 Å². The smallest absolute Gasteiger partial charge is 0.334 e. The minimum absolute atomic E-state index is 0.0226. The normalized spacial score (nSPS) is 15.4. The molecule has 2 aromatic carbocycles. The molecule has 0 radical (unpaired) electrons. The molecule has 0 spiro atoms. The molecule has 1 atom stereocenters. The summed E-state index contributed by atoms with van der Waals surface area (Å²) in [5.74, 6) is -0.912. The number of imide groups is 2. The molecule has 6 heteroatoms. The van der Waals surface area contributed by atoms with Crippen LogP contribution in [0, 0.1) is 13.8 Å². The Bertz CT molecular complexity index is 879. The van der Waals surface area contributed by atoms with Crippen molar-refractivity contribution in [1.29, 1.82) is 0 Å². The van der Waals surface area contributed by atoms with Crippen LogP contribution in [0.1, 0.15) is 29.7 Å². The minimum atomic E-state index is -0.813. The maximum Gasteiger partial charge on any atom is 0.334 e. The van der Waals surface area contributed by atoms with Gasteiger partial charge < -0.3 is 4.74 Å². The summed E-state index contributed by atoms with van der Waals surface area (Å²) in [6.45, 7) is 5.76. The van der Waals surface area contributed by atoms with Crippen molar-refractivity contribution in [3.63, 3.8) is 0 Å². The highest BCUT2D eigenvalue weighted by Crippen LogP contribution is 2.26. The monoisotopic (exact) mass is 366 g/mol. The third-order valence-corrected chi connectivity index (χ3v) is 4.67. The van der Waals surface area contributed by atoms with E-state index in [4.69, 9.17) is 4.74 Å². The van der Waals surface area contributed by atoms with Gasteiger partial charge in [0, 0.05) is 0 Å².